The average molecular weight is 417 g/mol. The van der Waals surface area contributed by atoms with Gasteiger partial charge < -0.3 is 19.5 Å². The van der Waals surface area contributed by atoms with Crippen LogP contribution in [0.3, 0.4) is 0 Å². The topological polar surface area (TPSA) is 90.9 Å². The van der Waals surface area contributed by atoms with Crippen LogP contribution in [0.25, 0.3) is 16.8 Å². The maximum atomic E-state index is 12.3. The Morgan fingerprint density at radius 2 is 1.87 bits per heavy atom. The van der Waals surface area contributed by atoms with Gasteiger partial charge in [-0.2, -0.15) is 0 Å². The number of hydrogen-bond donors (Lipinski definition) is 1. The molecule has 0 saturated heterocycles. The lowest BCUT2D eigenvalue weighted by molar-refractivity contribution is -0.136. The number of amides is 1. The molecule has 1 amide bonds. The predicted octanol–water partition coefficient (Wildman–Crippen LogP) is 3.62. The molecule has 7 heteroatoms. The van der Waals surface area contributed by atoms with E-state index in [1.807, 2.05) is 36.4 Å². The van der Waals surface area contributed by atoms with Crippen molar-refractivity contribution in [2.45, 2.75) is 0 Å². The molecule has 0 saturated carbocycles. The van der Waals surface area contributed by atoms with Crippen molar-refractivity contribution < 1.29 is 28.6 Å². The maximum Gasteiger partial charge on any atom is 0.331 e. The summed E-state index contributed by atoms with van der Waals surface area (Å²) in [4.78, 5) is 35.8. The number of methoxy groups -OCH3 is 1. The van der Waals surface area contributed by atoms with Crippen molar-refractivity contribution in [3.63, 3.8) is 0 Å². The lowest BCUT2D eigenvalue weighted by atomic mass is 10.1. The van der Waals surface area contributed by atoms with Crippen LogP contribution in [0, 0.1) is 0 Å². The second-order valence-electron chi connectivity index (χ2n) is 6.88. The van der Waals surface area contributed by atoms with Crippen LogP contribution in [0.5, 0.6) is 11.5 Å². The van der Waals surface area contributed by atoms with E-state index in [4.69, 9.17) is 14.2 Å². The van der Waals surface area contributed by atoms with Crippen LogP contribution in [0.4, 0.5) is 5.69 Å². The molecular formula is C24H19NO6. The Labute approximate surface area is 178 Å². The quantitative estimate of drug-likeness (QED) is 0.374. The number of carbonyl (C=O) groups is 3. The van der Waals surface area contributed by atoms with E-state index in [1.54, 1.807) is 25.3 Å². The second kappa shape index (κ2) is 8.71. The van der Waals surface area contributed by atoms with Crippen molar-refractivity contribution in [2.75, 3.05) is 25.6 Å². The van der Waals surface area contributed by atoms with E-state index < -0.39 is 12.6 Å². The molecule has 7 nitrogen and oxygen atoms in total. The normalized spacial score (nSPS) is 12.7. The number of Topliss-reactive ketones (excluding diaryl/α,β-unsaturated/α-hetero) is 1. The van der Waals surface area contributed by atoms with Crippen molar-refractivity contribution in [3.8, 4) is 11.5 Å². The molecule has 1 N–H and O–H groups in total. The highest BCUT2D eigenvalue weighted by atomic mass is 16.5. The number of hydrogen-bond acceptors (Lipinski definition) is 6. The lowest BCUT2D eigenvalue weighted by Gasteiger charge is -2.18. The molecule has 0 bridgehead atoms. The van der Waals surface area contributed by atoms with Gasteiger partial charge in [-0.25, -0.2) is 4.79 Å². The standard InChI is InChI=1S/C24H19NO6/c1-29-19-7-5-16-10-15(2-4-17(16)11-19)3-9-24(28)31-13-21(26)18-6-8-22-20(12-18)25-23(27)14-30-22/h2-12H,13-14H2,1H3,(H,25,27). The SMILES string of the molecule is COc1ccc2cc(C=CC(=O)OCC(=O)c3ccc4c(c3)NC(=O)CO4)ccc2c1. The predicted molar refractivity (Wildman–Crippen MR) is 115 cm³/mol. The molecule has 3 aromatic carbocycles. The fourth-order valence-electron chi connectivity index (χ4n) is 3.16. The van der Waals surface area contributed by atoms with Gasteiger partial charge in [0.05, 0.1) is 12.8 Å². The Balaban J connectivity index is 1.36. The highest BCUT2D eigenvalue weighted by Gasteiger charge is 2.18. The molecule has 0 radical (unpaired) electrons. The number of nitrogens with one attached hydrogen (secondary N) is 1. The third-order valence-corrected chi connectivity index (χ3v) is 4.76. The molecule has 1 heterocycles. The van der Waals surface area contributed by atoms with Crippen LogP contribution >= 0.6 is 0 Å². The Hall–Kier alpha value is -4.13. The first-order valence-corrected chi connectivity index (χ1v) is 9.54. The fourth-order valence-corrected chi connectivity index (χ4v) is 3.16. The molecule has 1 aliphatic rings. The summed E-state index contributed by atoms with van der Waals surface area (Å²) in [5.74, 6) is -0.0360. The van der Waals surface area contributed by atoms with Crippen LogP contribution in [-0.2, 0) is 14.3 Å². The summed E-state index contributed by atoms with van der Waals surface area (Å²) in [6.07, 6.45) is 2.90. The minimum absolute atomic E-state index is 0.0599. The molecule has 0 spiro atoms. The summed E-state index contributed by atoms with van der Waals surface area (Å²) in [7, 11) is 1.62. The highest BCUT2D eigenvalue weighted by Crippen LogP contribution is 2.28. The van der Waals surface area contributed by atoms with Gasteiger partial charge in [0.25, 0.3) is 5.91 Å². The number of carbonyl (C=O) groups excluding carboxylic acids is 3. The first-order chi connectivity index (χ1) is 15.0. The van der Waals surface area contributed by atoms with E-state index in [9.17, 15) is 14.4 Å². The number of esters is 1. The molecule has 0 fully saturated rings. The molecule has 0 aromatic heterocycles. The summed E-state index contributed by atoms with van der Waals surface area (Å²) in [5.41, 5.74) is 1.56. The van der Waals surface area contributed by atoms with E-state index in [0.717, 1.165) is 22.1 Å². The van der Waals surface area contributed by atoms with Crippen LogP contribution in [0.1, 0.15) is 15.9 Å². The van der Waals surface area contributed by atoms with E-state index in [-0.39, 0.29) is 18.3 Å². The van der Waals surface area contributed by atoms with E-state index in [0.29, 0.717) is 17.0 Å². The van der Waals surface area contributed by atoms with Gasteiger partial charge in [-0.1, -0.05) is 18.2 Å². The third-order valence-electron chi connectivity index (χ3n) is 4.76. The largest absolute Gasteiger partial charge is 0.497 e. The zero-order valence-electron chi connectivity index (χ0n) is 16.7. The Bertz CT molecular complexity index is 1210. The maximum absolute atomic E-state index is 12.3. The summed E-state index contributed by atoms with van der Waals surface area (Å²) in [5, 5.41) is 4.67. The third kappa shape index (κ3) is 4.72. The Morgan fingerprint density at radius 1 is 1.06 bits per heavy atom. The fraction of sp³-hybridized carbons (Fsp3) is 0.125. The Kier molecular flexibility index (Phi) is 5.66. The van der Waals surface area contributed by atoms with Crippen LogP contribution in [0.2, 0.25) is 0 Å². The van der Waals surface area contributed by atoms with Crippen LogP contribution in [0.15, 0.2) is 60.7 Å². The summed E-state index contributed by atoms with van der Waals surface area (Å²) in [6.45, 7) is -0.468. The van der Waals surface area contributed by atoms with E-state index >= 15 is 0 Å². The second-order valence-corrected chi connectivity index (χ2v) is 6.88. The molecule has 4 rings (SSSR count). The van der Waals surface area contributed by atoms with Crippen molar-refractivity contribution in [2.24, 2.45) is 0 Å². The monoisotopic (exact) mass is 417 g/mol. The molecule has 156 valence electrons. The number of benzene rings is 3. The van der Waals surface area contributed by atoms with Gasteiger partial charge in [-0.05, 0) is 58.8 Å². The highest BCUT2D eigenvalue weighted by molar-refractivity contribution is 6.02. The molecule has 31 heavy (non-hydrogen) atoms. The van der Waals surface area contributed by atoms with Crippen molar-refractivity contribution in [1.82, 2.24) is 0 Å². The van der Waals surface area contributed by atoms with Crippen molar-refractivity contribution in [1.29, 1.82) is 0 Å². The molecule has 0 atom stereocenters. The molecule has 3 aromatic rings. The number of ether oxygens (including phenoxy) is 3. The zero-order chi connectivity index (χ0) is 21.8. The number of rotatable bonds is 6. The van der Waals surface area contributed by atoms with Gasteiger partial charge in [0.15, 0.2) is 19.0 Å². The minimum atomic E-state index is -0.627. The van der Waals surface area contributed by atoms with Gasteiger partial charge >= 0.3 is 5.97 Å². The molecule has 0 aliphatic carbocycles. The molecule has 1 aliphatic heterocycles. The first kappa shape index (κ1) is 20.2. The zero-order valence-corrected chi connectivity index (χ0v) is 16.7. The van der Waals surface area contributed by atoms with Gasteiger partial charge in [0.1, 0.15) is 11.5 Å². The first-order valence-electron chi connectivity index (χ1n) is 9.54. The molecular weight excluding hydrogens is 398 g/mol. The van der Waals surface area contributed by atoms with E-state index in [2.05, 4.69) is 5.32 Å². The summed E-state index contributed by atoms with van der Waals surface area (Å²) in [6, 6.07) is 16.1. The van der Waals surface area contributed by atoms with Gasteiger partial charge in [0.2, 0.25) is 0 Å². The van der Waals surface area contributed by atoms with E-state index in [1.165, 1.54) is 12.1 Å². The van der Waals surface area contributed by atoms with Crippen LogP contribution < -0.4 is 14.8 Å². The number of fused-ring (bicyclic) bond motifs is 2. The van der Waals surface area contributed by atoms with Crippen molar-refractivity contribution >= 4 is 40.2 Å². The van der Waals surface area contributed by atoms with Crippen molar-refractivity contribution in [3.05, 3.63) is 71.8 Å². The van der Waals surface area contributed by atoms with Gasteiger partial charge in [-0.15, -0.1) is 0 Å². The number of ketones is 1. The van der Waals surface area contributed by atoms with Crippen LogP contribution in [-0.4, -0.2) is 38.0 Å². The summed E-state index contributed by atoms with van der Waals surface area (Å²) < 4.78 is 15.5. The smallest absolute Gasteiger partial charge is 0.331 e. The van der Waals surface area contributed by atoms with Gasteiger partial charge in [0, 0.05) is 11.6 Å². The summed E-state index contributed by atoms with van der Waals surface area (Å²) >= 11 is 0. The number of anilines is 1. The Morgan fingerprint density at radius 3 is 2.71 bits per heavy atom. The minimum Gasteiger partial charge on any atom is -0.497 e. The van der Waals surface area contributed by atoms with Gasteiger partial charge in [-0.3, -0.25) is 9.59 Å². The lowest BCUT2D eigenvalue weighted by Crippen LogP contribution is -2.25. The average Bonchev–Trinajstić information content (AvgIpc) is 2.80. The molecule has 0 unspecified atom stereocenters.